The maximum atomic E-state index is 6.70. The molecule has 0 radical (unpaired) electrons. The Labute approximate surface area is 169 Å². The van der Waals surface area contributed by atoms with Gasteiger partial charge in [-0.2, -0.15) is 0 Å². The normalized spacial score (nSPS) is 23.3. The van der Waals surface area contributed by atoms with Crippen LogP contribution in [0, 0.1) is 0 Å². The fraction of sp³-hybridized carbons (Fsp3) is 0.409. The van der Waals surface area contributed by atoms with E-state index in [2.05, 4.69) is 53.2 Å². The molecule has 4 rings (SSSR count). The Kier molecular flexibility index (Phi) is 4.46. The third kappa shape index (κ3) is 2.92. The van der Waals surface area contributed by atoms with Crippen molar-refractivity contribution in [2.45, 2.75) is 43.7 Å². The minimum atomic E-state index is -0.539. The van der Waals surface area contributed by atoms with Crippen molar-refractivity contribution in [3.63, 3.8) is 0 Å². The van der Waals surface area contributed by atoms with E-state index in [-0.39, 0.29) is 0 Å². The summed E-state index contributed by atoms with van der Waals surface area (Å²) in [6, 6.07) is 14.9. The molecule has 5 heteroatoms. The molecule has 1 spiro atoms. The number of nitrogens with two attached hydrogens (primary N) is 1. The Hall–Kier alpha value is -2.01. The molecule has 2 aliphatic rings. The summed E-state index contributed by atoms with van der Waals surface area (Å²) in [5.41, 5.74) is 9.29. The topological polar surface area (TPSA) is 50.8 Å². The molecule has 0 bridgehead atoms. The van der Waals surface area contributed by atoms with Gasteiger partial charge >= 0.3 is 0 Å². The van der Waals surface area contributed by atoms with Crippen molar-refractivity contribution >= 4 is 21.9 Å². The highest BCUT2D eigenvalue weighted by Gasteiger charge is 2.58. The molecule has 27 heavy (non-hydrogen) atoms. The van der Waals surface area contributed by atoms with Gasteiger partial charge < -0.3 is 15.4 Å². The van der Waals surface area contributed by atoms with E-state index in [1.54, 1.807) is 0 Å². The highest BCUT2D eigenvalue weighted by atomic mass is 79.9. The molecule has 2 aromatic carbocycles. The summed E-state index contributed by atoms with van der Waals surface area (Å²) < 4.78 is 7.73. The van der Waals surface area contributed by atoms with Crippen LogP contribution < -0.4 is 10.5 Å². The van der Waals surface area contributed by atoms with Gasteiger partial charge in [-0.1, -0.05) is 40.2 Å². The average molecular weight is 428 g/mol. The average Bonchev–Trinajstić information content (AvgIpc) is 2.77. The number of aryl methyl sites for hydroxylation is 2. The van der Waals surface area contributed by atoms with Crippen LogP contribution in [0.4, 0.5) is 0 Å². The maximum absolute atomic E-state index is 6.70. The molecule has 1 unspecified atom stereocenters. The van der Waals surface area contributed by atoms with Crippen LogP contribution >= 0.6 is 15.9 Å². The number of fused-ring (bicyclic) bond motifs is 2. The zero-order chi connectivity index (χ0) is 19.2. The first kappa shape index (κ1) is 18.4. The zero-order valence-corrected chi connectivity index (χ0v) is 17.7. The van der Waals surface area contributed by atoms with Gasteiger partial charge in [-0.15, -0.1) is 0 Å². The molecule has 1 aliphatic carbocycles. The summed E-state index contributed by atoms with van der Waals surface area (Å²) >= 11 is 3.62. The van der Waals surface area contributed by atoms with Crippen molar-refractivity contribution in [3.05, 3.63) is 63.6 Å². The van der Waals surface area contributed by atoms with Crippen LogP contribution in [0.15, 0.2) is 51.9 Å². The number of hydrogen-bond donors (Lipinski definition) is 1. The number of rotatable bonds is 1. The summed E-state index contributed by atoms with van der Waals surface area (Å²) in [6.45, 7) is 2.18. The summed E-state index contributed by atoms with van der Waals surface area (Å²) in [4.78, 5) is 6.91. The van der Waals surface area contributed by atoms with E-state index in [0.29, 0.717) is 5.96 Å². The SMILES string of the molecule is CN(C)/C(N)=N\C1(C)c2cc(Br)ccc2OC12CCc1ccccc1CC2. The van der Waals surface area contributed by atoms with Gasteiger partial charge in [-0.3, -0.25) is 0 Å². The van der Waals surface area contributed by atoms with Crippen molar-refractivity contribution < 1.29 is 4.74 Å². The molecule has 0 saturated carbocycles. The Morgan fingerprint density at radius 2 is 1.74 bits per heavy atom. The van der Waals surface area contributed by atoms with Crippen molar-refractivity contribution in [1.29, 1.82) is 0 Å². The monoisotopic (exact) mass is 427 g/mol. The van der Waals surface area contributed by atoms with Gasteiger partial charge in [-0.05, 0) is 61.9 Å². The summed E-state index contributed by atoms with van der Waals surface area (Å²) in [6.07, 6.45) is 3.80. The van der Waals surface area contributed by atoms with E-state index < -0.39 is 11.1 Å². The molecule has 1 atom stereocenters. The lowest BCUT2D eigenvalue weighted by Gasteiger charge is -2.40. The first-order chi connectivity index (χ1) is 12.8. The molecule has 0 amide bonds. The van der Waals surface area contributed by atoms with Crippen LogP contribution in [0.2, 0.25) is 0 Å². The molecule has 1 heterocycles. The quantitative estimate of drug-likeness (QED) is 0.546. The predicted molar refractivity (Wildman–Crippen MR) is 113 cm³/mol. The molecule has 0 saturated heterocycles. The molecule has 1 aliphatic heterocycles. The Balaban J connectivity index is 1.84. The van der Waals surface area contributed by atoms with Gasteiger partial charge in [0, 0.05) is 24.1 Å². The maximum Gasteiger partial charge on any atom is 0.191 e. The van der Waals surface area contributed by atoms with Gasteiger partial charge in [0.25, 0.3) is 0 Å². The van der Waals surface area contributed by atoms with Gasteiger partial charge in [0.2, 0.25) is 0 Å². The largest absolute Gasteiger partial charge is 0.484 e. The van der Waals surface area contributed by atoms with E-state index in [1.807, 2.05) is 31.1 Å². The number of aliphatic imine (C=N–C) groups is 1. The summed E-state index contributed by atoms with van der Waals surface area (Å²) in [7, 11) is 3.85. The third-order valence-electron chi connectivity index (χ3n) is 6.17. The zero-order valence-electron chi connectivity index (χ0n) is 16.1. The molecule has 2 N–H and O–H groups in total. The van der Waals surface area contributed by atoms with E-state index in [1.165, 1.54) is 11.1 Å². The molecule has 142 valence electrons. The summed E-state index contributed by atoms with van der Waals surface area (Å²) in [5, 5.41) is 0. The number of ether oxygens (including phenoxy) is 1. The second-order valence-electron chi connectivity index (χ2n) is 7.94. The predicted octanol–water partition coefficient (Wildman–Crippen LogP) is 4.25. The molecule has 0 fully saturated rings. The number of guanidine groups is 1. The lowest BCUT2D eigenvalue weighted by molar-refractivity contribution is 0.0127. The second-order valence-corrected chi connectivity index (χ2v) is 8.86. The van der Waals surface area contributed by atoms with E-state index in [9.17, 15) is 0 Å². The number of hydrogen-bond acceptors (Lipinski definition) is 2. The van der Waals surface area contributed by atoms with E-state index in [0.717, 1.165) is 41.5 Å². The number of halogens is 1. The fourth-order valence-corrected chi connectivity index (χ4v) is 4.81. The van der Waals surface area contributed by atoms with Crippen LogP contribution in [0.1, 0.15) is 36.5 Å². The van der Waals surface area contributed by atoms with E-state index in [4.69, 9.17) is 15.5 Å². The van der Waals surface area contributed by atoms with Gasteiger partial charge in [-0.25, -0.2) is 4.99 Å². The first-order valence-electron chi connectivity index (χ1n) is 9.43. The van der Waals surface area contributed by atoms with Crippen LogP contribution in [0.5, 0.6) is 5.75 Å². The number of nitrogens with zero attached hydrogens (tertiary/aromatic N) is 2. The van der Waals surface area contributed by atoms with Gasteiger partial charge in [0.15, 0.2) is 5.96 Å². The highest BCUT2D eigenvalue weighted by Crippen LogP contribution is 2.55. The third-order valence-corrected chi connectivity index (χ3v) is 6.66. The van der Waals surface area contributed by atoms with Crippen LogP contribution in [-0.4, -0.2) is 30.6 Å². The Morgan fingerprint density at radius 3 is 2.33 bits per heavy atom. The molecular formula is C22H26BrN3O. The molecule has 4 nitrogen and oxygen atoms in total. The molecule has 0 aromatic heterocycles. The fourth-order valence-electron chi connectivity index (χ4n) is 4.45. The van der Waals surface area contributed by atoms with Gasteiger partial charge in [0.05, 0.1) is 0 Å². The lowest BCUT2D eigenvalue weighted by atomic mass is 9.73. The summed E-state index contributed by atoms with van der Waals surface area (Å²) in [5.74, 6) is 1.44. The smallest absolute Gasteiger partial charge is 0.191 e. The standard InChI is InChI=1S/C22H26BrN3O/c1-21(25-20(24)26(2)3)18-14-17(23)8-9-19(18)27-22(21)12-10-15-6-4-5-7-16(15)11-13-22/h4-9,14H,10-13H2,1-3H3,(H2,24,25). The van der Waals surface area contributed by atoms with Crippen LogP contribution in [0.25, 0.3) is 0 Å². The Bertz CT molecular complexity index is 881. The highest BCUT2D eigenvalue weighted by molar-refractivity contribution is 9.10. The molecule has 2 aromatic rings. The Morgan fingerprint density at radius 1 is 1.11 bits per heavy atom. The minimum absolute atomic E-state index is 0.407. The van der Waals surface area contributed by atoms with E-state index >= 15 is 0 Å². The van der Waals surface area contributed by atoms with Crippen molar-refractivity contribution in [2.75, 3.05) is 14.1 Å². The van der Waals surface area contributed by atoms with Gasteiger partial charge in [0.1, 0.15) is 16.9 Å². The number of benzene rings is 2. The van der Waals surface area contributed by atoms with Crippen molar-refractivity contribution in [3.8, 4) is 5.75 Å². The lowest BCUT2D eigenvalue weighted by Crippen LogP contribution is -2.50. The van der Waals surface area contributed by atoms with Crippen molar-refractivity contribution in [1.82, 2.24) is 4.90 Å². The van der Waals surface area contributed by atoms with Crippen molar-refractivity contribution in [2.24, 2.45) is 10.7 Å². The molecular weight excluding hydrogens is 402 g/mol. The first-order valence-corrected chi connectivity index (χ1v) is 10.2. The minimum Gasteiger partial charge on any atom is -0.484 e. The second kappa shape index (κ2) is 6.55. The van der Waals surface area contributed by atoms with Crippen LogP contribution in [-0.2, 0) is 18.4 Å². The van der Waals surface area contributed by atoms with Crippen LogP contribution in [0.3, 0.4) is 0 Å².